The molecule has 4 nitrogen and oxygen atoms in total. The first-order chi connectivity index (χ1) is 8.56. The average Bonchev–Trinajstić information content (AvgIpc) is 2.78. The largest absolute Gasteiger partial charge is 0.393 e. The van der Waals surface area contributed by atoms with E-state index in [2.05, 4.69) is 30.0 Å². The Hall–Kier alpha value is -0.870. The quantitative estimate of drug-likeness (QED) is 0.890. The molecule has 0 amide bonds. The van der Waals surface area contributed by atoms with Crippen LogP contribution >= 0.6 is 0 Å². The summed E-state index contributed by atoms with van der Waals surface area (Å²) in [6.45, 7) is 9.28. The fraction of sp³-hybridized carbons (Fsp3) is 0.786. The van der Waals surface area contributed by atoms with E-state index in [1.807, 2.05) is 17.8 Å². The summed E-state index contributed by atoms with van der Waals surface area (Å²) in [5.41, 5.74) is 1.27. The Morgan fingerprint density at radius 1 is 1.44 bits per heavy atom. The van der Waals surface area contributed by atoms with Crippen LogP contribution in [0.25, 0.3) is 0 Å². The fourth-order valence-electron chi connectivity index (χ4n) is 2.63. The van der Waals surface area contributed by atoms with Crippen LogP contribution in [0, 0.1) is 5.92 Å². The van der Waals surface area contributed by atoms with Crippen molar-refractivity contribution in [1.82, 2.24) is 14.7 Å². The van der Waals surface area contributed by atoms with E-state index >= 15 is 0 Å². The number of aromatic nitrogens is 2. The highest BCUT2D eigenvalue weighted by Crippen LogP contribution is 2.21. The molecule has 0 saturated carbocycles. The number of likely N-dealkylation sites (tertiary alicyclic amines) is 1. The summed E-state index contributed by atoms with van der Waals surface area (Å²) in [6.07, 6.45) is 6.25. The van der Waals surface area contributed by atoms with Gasteiger partial charge in [-0.2, -0.15) is 5.10 Å². The summed E-state index contributed by atoms with van der Waals surface area (Å²) < 4.78 is 2.01. The standard InChI is InChI=1S/C14H25N3O/c1-11(2)17-9-13(7-15-17)8-16-6-4-5-14(10-16)12(3)18/h7,9,11-12,14,18H,4-6,8,10H2,1-3H3/t12-,14-/m0/s1. The molecule has 0 aromatic carbocycles. The summed E-state index contributed by atoms with van der Waals surface area (Å²) in [7, 11) is 0. The van der Waals surface area contributed by atoms with Crippen LogP contribution in [0.4, 0.5) is 0 Å². The highest BCUT2D eigenvalue weighted by atomic mass is 16.3. The first-order valence-corrected chi connectivity index (χ1v) is 6.99. The van der Waals surface area contributed by atoms with E-state index in [0.29, 0.717) is 12.0 Å². The number of aliphatic hydroxyl groups excluding tert-OH is 1. The molecule has 102 valence electrons. The highest BCUT2D eigenvalue weighted by molar-refractivity contribution is 5.04. The Kier molecular flexibility index (Phi) is 4.40. The summed E-state index contributed by atoms with van der Waals surface area (Å²) in [6, 6.07) is 0.422. The van der Waals surface area contributed by atoms with Crippen molar-refractivity contribution in [2.24, 2.45) is 5.92 Å². The fourth-order valence-corrected chi connectivity index (χ4v) is 2.63. The lowest BCUT2D eigenvalue weighted by atomic mass is 9.93. The minimum atomic E-state index is -0.189. The number of aliphatic hydroxyl groups is 1. The van der Waals surface area contributed by atoms with Crippen molar-refractivity contribution in [2.45, 2.75) is 52.3 Å². The van der Waals surface area contributed by atoms with Gasteiger partial charge in [-0.05, 0) is 46.1 Å². The number of rotatable bonds is 4. The number of hydrogen-bond acceptors (Lipinski definition) is 3. The Labute approximate surface area is 110 Å². The van der Waals surface area contributed by atoms with Crippen molar-refractivity contribution in [3.05, 3.63) is 18.0 Å². The van der Waals surface area contributed by atoms with Gasteiger partial charge >= 0.3 is 0 Å². The van der Waals surface area contributed by atoms with Gasteiger partial charge in [-0.3, -0.25) is 9.58 Å². The molecule has 2 rings (SSSR count). The number of hydrogen-bond donors (Lipinski definition) is 1. The van der Waals surface area contributed by atoms with Gasteiger partial charge in [-0.15, -0.1) is 0 Å². The summed E-state index contributed by atoms with van der Waals surface area (Å²) >= 11 is 0. The van der Waals surface area contributed by atoms with Gasteiger partial charge in [0.15, 0.2) is 0 Å². The molecule has 18 heavy (non-hydrogen) atoms. The Balaban J connectivity index is 1.92. The topological polar surface area (TPSA) is 41.3 Å². The SMILES string of the molecule is CC(C)n1cc(CN2CCC[C@H]([C@H](C)O)C2)cn1. The monoisotopic (exact) mass is 251 g/mol. The summed E-state index contributed by atoms with van der Waals surface area (Å²) in [4.78, 5) is 2.43. The van der Waals surface area contributed by atoms with E-state index in [-0.39, 0.29) is 6.10 Å². The molecule has 2 heterocycles. The molecule has 1 aromatic heterocycles. The zero-order valence-electron chi connectivity index (χ0n) is 11.7. The van der Waals surface area contributed by atoms with Crippen molar-refractivity contribution >= 4 is 0 Å². The molecule has 0 radical (unpaired) electrons. The smallest absolute Gasteiger partial charge is 0.0552 e. The van der Waals surface area contributed by atoms with Crippen LogP contribution in [-0.4, -0.2) is 39.0 Å². The molecular formula is C14H25N3O. The number of piperidine rings is 1. The molecule has 1 saturated heterocycles. The van der Waals surface area contributed by atoms with Crippen LogP contribution in [0.5, 0.6) is 0 Å². The Bertz CT molecular complexity index is 373. The summed E-state index contributed by atoms with van der Waals surface area (Å²) in [5.74, 6) is 0.430. The predicted octanol–water partition coefficient (Wildman–Crippen LogP) is 2.06. The van der Waals surface area contributed by atoms with Crippen LogP contribution in [-0.2, 0) is 6.54 Å². The molecule has 1 aliphatic heterocycles. The van der Waals surface area contributed by atoms with Gasteiger partial charge in [0.25, 0.3) is 0 Å². The molecule has 4 heteroatoms. The van der Waals surface area contributed by atoms with Gasteiger partial charge in [-0.1, -0.05) is 0 Å². The second kappa shape index (κ2) is 5.85. The number of nitrogens with zero attached hydrogens (tertiary/aromatic N) is 3. The van der Waals surface area contributed by atoms with E-state index in [1.165, 1.54) is 12.0 Å². The minimum absolute atomic E-state index is 0.189. The van der Waals surface area contributed by atoms with E-state index in [1.54, 1.807) is 0 Å². The average molecular weight is 251 g/mol. The van der Waals surface area contributed by atoms with Crippen molar-refractivity contribution in [3.8, 4) is 0 Å². The van der Waals surface area contributed by atoms with Gasteiger partial charge in [-0.25, -0.2) is 0 Å². The molecule has 0 spiro atoms. The molecule has 1 aromatic rings. The third-order valence-electron chi connectivity index (χ3n) is 3.81. The van der Waals surface area contributed by atoms with Gasteiger partial charge < -0.3 is 5.11 Å². The van der Waals surface area contributed by atoms with E-state index < -0.39 is 0 Å². The van der Waals surface area contributed by atoms with Crippen LogP contribution in [0.1, 0.15) is 45.2 Å². The minimum Gasteiger partial charge on any atom is -0.393 e. The van der Waals surface area contributed by atoms with Crippen molar-refractivity contribution in [3.63, 3.8) is 0 Å². The third-order valence-corrected chi connectivity index (χ3v) is 3.81. The maximum Gasteiger partial charge on any atom is 0.0552 e. The lowest BCUT2D eigenvalue weighted by molar-refractivity contribution is 0.0599. The van der Waals surface area contributed by atoms with E-state index in [4.69, 9.17) is 0 Å². The first-order valence-electron chi connectivity index (χ1n) is 6.99. The molecule has 0 bridgehead atoms. The van der Waals surface area contributed by atoms with Gasteiger partial charge in [0, 0.05) is 30.9 Å². The first kappa shape index (κ1) is 13.6. The van der Waals surface area contributed by atoms with Crippen molar-refractivity contribution < 1.29 is 5.11 Å². The normalized spacial score (nSPS) is 23.5. The second-order valence-corrected chi connectivity index (χ2v) is 5.80. The van der Waals surface area contributed by atoms with Crippen LogP contribution in [0.15, 0.2) is 12.4 Å². The lowest BCUT2D eigenvalue weighted by Crippen LogP contribution is -2.38. The lowest BCUT2D eigenvalue weighted by Gasteiger charge is -2.33. The molecule has 0 aliphatic carbocycles. The molecule has 0 unspecified atom stereocenters. The maximum atomic E-state index is 9.69. The Morgan fingerprint density at radius 2 is 2.22 bits per heavy atom. The highest BCUT2D eigenvalue weighted by Gasteiger charge is 2.23. The Morgan fingerprint density at radius 3 is 2.83 bits per heavy atom. The van der Waals surface area contributed by atoms with Gasteiger partial charge in [0.2, 0.25) is 0 Å². The summed E-state index contributed by atoms with van der Waals surface area (Å²) in [5, 5.41) is 14.1. The predicted molar refractivity (Wildman–Crippen MR) is 72.3 cm³/mol. The maximum absolute atomic E-state index is 9.69. The van der Waals surface area contributed by atoms with Crippen molar-refractivity contribution in [1.29, 1.82) is 0 Å². The second-order valence-electron chi connectivity index (χ2n) is 5.80. The molecule has 1 fully saturated rings. The third kappa shape index (κ3) is 3.33. The molecule has 1 N–H and O–H groups in total. The zero-order chi connectivity index (χ0) is 13.1. The van der Waals surface area contributed by atoms with Gasteiger partial charge in [0.1, 0.15) is 0 Å². The van der Waals surface area contributed by atoms with E-state index in [0.717, 1.165) is 26.1 Å². The molecule has 1 aliphatic rings. The zero-order valence-corrected chi connectivity index (χ0v) is 11.7. The van der Waals surface area contributed by atoms with Crippen LogP contribution in [0.2, 0.25) is 0 Å². The molecule has 2 atom stereocenters. The van der Waals surface area contributed by atoms with Crippen molar-refractivity contribution in [2.75, 3.05) is 13.1 Å². The van der Waals surface area contributed by atoms with Crippen LogP contribution < -0.4 is 0 Å². The van der Waals surface area contributed by atoms with Gasteiger partial charge in [0.05, 0.1) is 12.3 Å². The van der Waals surface area contributed by atoms with Crippen LogP contribution in [0.3, 0.4) is 0 Å². The van der Waals surface area contributed by atoms with E-state index in [9.17, 15) is 5.11 Å². The molecular weight excluding hydrogens is 226 g/mol.